The quantitative estimate of drug-likeness (QED) is 0.674. The Morgan fingerprint density at radius 2 is 2.00 bits per heavy atom. The van der Waals surface area contributed by atoms with E-state index in [9.17, 15) is 9.59 Å². The van der Waals surface area contributed by atoms with E-state index in [1.54, 1.807) is 0 Å². The molecule has 1 N–H and O–H groups in total. The number of halogens is 1. The van der Waals surface area contributed by atoms with Crippen molar-refractivity contribution < 1.29 is 14.3 Å². The minimum Gasteiger partial charge on any atom is -0.494 e. The highest BCUT2D eigenvalue weighted by Gasteiger charge is 2.21. The van der Waals surface area contributed by atoms with E-state index in [2.05, 4.69) is 5.32 Å². The highest BCUT2D eigenvalue weighted by molar-refractivity contribution is 6.31. The molecule has 28 heavy (non-hydrogen) atoms. The van der Waals surface area contributed by atoms with Gasteiger partial charge in [0.2, 0.25) is 11.8 Å². The fourth-order valence-corrected chi connectivity index (χ4v) is 3.25. The van der Waals surface area contributed by atoms with E-state index in [1.165, 1.54) is 0 Å². The van der Waals surface area contributed by atoms with Crippen LogP contribution in [-0.2, 0) is 16.1 Å². The molecule has 0 spiro atoms. The molecule has 0 aromatic heterocycles. The lowest BCUT2D eigenvalue weighted by Crippen LogP contribution is -2.24. The standard InChI is InChI=1S/C22H25ClN2O3/c1-16-14-19(10-11-20(16)23)28-13-3-4-21(26)24-15-17-6-8-18(9-7-17)25-12-2-5-22(25)27/h6-11,14H,2-5,12-13,15H2,1H3,(H,24,26). The third-order valence-corrected chi connectivity index (χ3v) is 5.18. The third-order valence-electron chi connectivity index (χ3n) is 4.76. The van der Waals surface area contributed by atoms with Gasteiger partial charge < -0.3 is 15.0 Å². The van der Waals surface area contributed by atoms with Crippen LogP contribution in [0.3, 0.4) is 0 Å². The maximum absolute atomic E-state index is 12.0. The fraction of sp³-hybridized carbons (Fsp3) is 0.364. The SMILES string of the molecule is Cc1cc(OCCCC(=O)NCc2ccc(N3CCCC3=O)cc2)ccc1Cl. The molecule has 1 aliphatic rings. The van der Waals surface area contributed by atoms with Gasteiger partial charge >= 0.3 is 0 Å². The second-order valence-electron chi connectivity index (χ2n) is 6.96. The molecule has 148 valence electrons. The van der Waals surface area contributed by atoms with Crippen molar-refractivity contribution in [3.8, 4) is 5.75 Å². The number of nitrogens with one attached hydrogen (secondary N) is 1. The average molecular weight is 401 g/mol. The zero-order chi connectivity index (χ0) is 19.9. The number of benzene rings is 2. The van der Waals surface area contributed by atoms with E-state index < -0.39 is 0 Å². The Kier molecular flexibility index (Phi) is 6.93. The number of hydrogen-bond donors (Lipinski definition) is 1. The van der Waals surface area contributed by atoms with Crippen LogP contribution in [0.4, 0.5) is 5.69 Å². The summed E-state index contributed by atoms with van der Waals surface area (Å²) in [5, 5.41) is 3.63. The van der Waals surface area contributed by atoms with Gasteiger partial charge in [-0.05, 0) is 61.2 Å². The first kappa shape index (κ1) is 20.2. The molecule has 0 bridgehead atoms. The third kappa shape index (κ3) is 5.49. The summed E-state index contributed by atoms with van der Waals surface area (Å²) >= 11 is 5.99. The number of hydrogen-bond acceptors (Lipinski definition) is 3. The number of anilines is 1. The van der Waals surface area contributed by atoms with Crippen LogP contribution in [0.2, 0.25) is 5.02 Å². The van der Waals surface area contributed by atoms with Gasteiger partial charge in [0.1, 0.15) is 5.75 Å². The molecule has 0 saturated carbocycles. The summed E-state index contributed by atoms with van der Waals surface area (Å²) in [5.41, 5.74) is 2.90. The van der Waals surface area contributed by atoms with Crippen LogP contribution in [0, 0.1) is 6.92 Å². The highest BCUT2D eigenvalue weighted by Crippen LogP contribution is 2.22. The van der Waals surface area contributed by atoms with Gasteiger partial charge in [0.15, 0.2) is 0 Å². The van der Waals surface area contributed by atoms with Gasteiger partial charge in [-0.15, -0.1) is 0 Å². The van der Waals surface area contributed by atoms with Gasteiger partial charge in [0.25, 0.3) is 0 Å². The summed E-state index contributed by atoms with van der Waals surface area (Å²) in [7, 11) is 0. The smallest absolute Gasteiger partial charge is 0.227 e. The van der Waals surface area contributed by atoms with Crippen molar-refractivity contribution in [2.24, 2.45) is 0 Å². The first-order valence-corrected chi connectivity index (χ1v) is 9.96. The Hall–Kier alpha value is -2.53. The minimum absolute atomic E-state index is 0.00492. The summed E-state index contributed by atoms with van der Waals surface area (Å²) in [6.45, 7) is 3.67. The van der Waals surface area contributed by atoms with E-state index >= 15 is 0 Å². The average Bonchev–Trinajstić information content (AvgIpc) is 3.12. The van der Waals surface area contributed by atoms with Gasteiger partial charge in [-0.1, -0.05) is 23.7 Å². The van der Waals surface area contributed by atoms with E-state index in [4.69, 9.17) is 16.3 Å². The monoisotopic (exact) mass is 400 g/mol. The maximum atomic E-state index is 12.0. The van der Waals surface area contributed by atoms with Gasteiger partial charge in [0.05, 0.1) is 6.61 Å². The summed E-state index contributed by atoms with van der Waals surface area (Å²) in [4.78, 5) is 25.6. The molecule has 0 radical (unpaired) electrons. The van der Waals surface area contributed by atoms with E-state index in [-0.39, 0.29) is 11.8 Å². The highest BCUT2D eigenvalue weighted by atomic mass is 35.5. The molecule has 0 aliphatic carbocycles. The Morgan fingerprint density at radius 3 is 2.68 bits per heavy atom. The van der Waals surface area contributed by atoms with Crippen molar-refractivity contribution in [3.63, 3.8) is 0 Å². The number of amides is 2. The van der Waals surface area contributed by atoms with Crippen molar-refractivity contribution in [3.05, 3.63) is 58.6 Å². The Bertz CT molecular complexity index is 836. The van der Waals surface area contributed by atoms with E-state index in [1.807, 2.05) is 54.3 Å². The van der Waals surface area contributed by atoms with Gasteiger partial charge in [-0.3, -0.25) is 9.59 Å². The molecule has 1 aliphatic heterocycles. The lowest BCUT2D eigenvalue weighted by Gasteiger charge is -2.16. The van der Waals surface area contributed by atoms with E-state index in [0.29, 0.717) is 37.4 Å². The second kappa shape index (κ2) is 9.60. The molecular weight excluding hydrogens is 376 g/mol. The molecule has 2 aromatic carbocycles. The molecule has 2 aromatic rings. The van der Waals surface area contributed by atoms with Crippen molar-refractivity contribution in [2.45, 2.75) is 39.2 Å². The van der Waals surface area contributed by atoms with Crippen LogP contribution in [0.25, 0.3) is 0 Å². The fourth-order valence-electron chi connectivity index (χ4n) is 3.13. The van der Waals surface area contributed by atoms with Crippen LogP contribution < -0.4 is 15.0 Å². The zero-order valence-corrected chi connectivity index (χ0v) is 16.8. The Labute approximate surface area is 170 Å². The molecular formula is C22H25ClN2O3. The van der Waals surface area contributed by atoms with E-state index in [0.717, 1.165) is 35.5 Å². The molecule has 0 unspecified atom stereocenters. The van der Waals surface area contributed by atoms with Crippen molar-refractivity contribution >= 4 is 29.1 Å². The van der Waals surface area contributed by atoms with Crippen LogP contribution >= 0.6 is 11.6 Å². The van der Waals surface area contributed by atoms with Crippen LogP contribution in [0.1, 0.15) is 36.8 Å². The Morgan fingerprint density at radius 1 is 1.21 bits per heavy atom. The Balaban J connectivity index is 1.36. The van der Waals surface area contributed by atoms with Crippen molar-refractivity contribution in [1.82, 2.24) is 5.32 Å². The number of carbonyl (C=O) groups is 2. The van der Waals surface area contributed by atoms with Crippen molar-refractivity contribution in [2.75, 3.05) is 18.1 Å². The summed E-state index contributed by atoms with van der Waals surface area (Å²) < 4.78 is 5.65. The normalized spacial score (nSPS) is 13.6. The van der Waals surface area contributed by atoms with Crippen molar-refractivity contribution in [1.29, 1.82) is 0 Å². The zero-order valence-electron chi connectivity index (χ0n) is 16.0. The minimum atomic E-state index is -0.00492. The number of carbonyl (C=O) groups excluding carboxylic acids is 2. The summed E-state index contributed by atoms with van der Waals surface area (Å²) in [5.74, 6) is 0.936. The van der Waals surface area contributed by atoms with Crippen LogP contribution in [0.15, 0.2) is 42.5 Å². The molecule has 0 atom stereocenters. The number of aryl methyl sites for hydroxylation is 1. The molecule has 5 nitrogen and oxygen atoms in total. The molecule has 2 amide bonds. The molecule has 6 heteroatoms. The lowest BCUT2D eigenvalue weighted by molar-refractivity contribution is -0.121. The summed E-state index contributed by atoms with van der Waals surface area (Å²) in [6.07, 6.45) is 2.59. The van der Waals surface area contributed by atoms with Gasteiger partial charge in [-0.2, -0.15) is 0 Å². The van der Waals surface area contributed by atoms with Crippen LogP contribution in [-0.4, -0.2) is 25.0 Å². The largest absolute Gasteiger partial charge is 0.494 e. The first-order chi connectivity index (χ1) is 13.5. The molecule has 1 heterocycles. The number of ether oxygens (including phenoxy) is 1. The summed E-state index contributed by atoms with van der Waals surface area (Å²) in [6, 6.07) is 13.3. The van der Waals surface area contributed by atoms with Crippen LogP contribution in [0.5, 0.6) is 5.75 Å². The molecule has 1 fully saturated rings. The molecule has 3 rings (SSSR count). The van der Waals surface area contributed by atoms with Gasteiger partial charge in [0, 0.05) is 36.6 Å². The predicted molar refractivity (Wildman–Crippen MR) is 111 cm³/mol. The molecule has 1 saturated heterocycles. The van der Waals surface area contributed by atoms with Gasteiger partial charge in [-0.25, -0.2) is 0 Å². The maximum Gasteiger partial charge on any atom is 0.227 e. The lowest BCUT2D eigenvalue weighted by atomic mass is 10.2. The second-order valence-corrected chi connectivity index (χ2v) is 7.36. The number of nitrogens with zero attached hydrogens (tertiary/aromatic N) is 1. The topological polar surface area (TPSA) is 58.6 Å². The first-order valence-electron chi connectivity index (χ1n) is 9.58. The number of rotatable bonds is 8. The predicted octanol–water partition coefficient (Wildman–Crippen LogP) is 4.25.